The van der Waals surface area contributed by atoms with Gasteiger partial charge in [0.25, 0.3) is 0 Å². The van der Waals surface area contributed by atoms with Gasteiger partial charge in [0.15, 0.2) is 11.7 Å². The van der Waals surface area contributed by atoms with E-state index in [1.165, 1.54) is 11.8 Å². The van der Waals surface area contributed by atoms with Crippen molar-refractivity contribution in [3.63, 3.8) is 0 Å². The molecule has 1 atom stereocenters. The van der Waals surface area contributed by atoms with Crippen LogP contribution >= 0.6 is 0 Å². The molecule has 0 spiro atoms. The predicted octanol–water partition coefficient (Wildman–Crippen LogP) is 1.40. The summed E-state index contributed by atoms with van der Waals surface area (Å²) in [6.45, 7) is 10.4. The Bertz CT molecular complexity index is 315. The number of Topliss-reactive ketones (excluding diaryl/α,β-unsaturated/α-hetero) is 1. The SMILES string of the molecule is CCOC(=O)C(C(C)=O)C(=O)N(C(C)C)C(C)C. The number of esters is 1. The molecule has 0 aromatic heterocycles. The van der Waals surface area contributed by atoms with Crippen LogP contribution in [0.4, 0.5) is 0 Å². The highest BCUT2D eigenvalue weighted by Crippen LogP contribution is 2.14. The maximum atomic E-state index is 12.3. The van der Waals surface area contributed by atoms with Crippen LogP contribution < -0.4 is 0 Å². The monoisotopic (exact) mass is 257 g/mol. The second-order valence-corrected chi connectivity index (χ2v) is 4.73. The molecule has 0 aromatic rings. The molecule has 0 saturated carbocycles. The molecule has 5 heteroatoms. The number of ketones is 1. The van der Waals surface area contributed by atoms with Gasteiger partial charge in [0.2, 0.25) is 5.91 Å². The van der Waals surface area contributed by atoms with Gasteiger partial charge in [-0.3, -0.25) is 14.4 Å². The van der Waals surface area contributed by atoms with E-state index in [2.05, 4.69) is 0 Å². The van der Waals surface area contributed by atoms with Crippen molar-refractivity contribution in [3.8, 4) is 0 Å². The van der Waals surface area contributed by atoms with Crippen LogP contribution in [0.3, 0.4) is 0 Å². The fourth-order valence-corrected chi connectivity index (χ4v) is 1.92. The number of nitrogens with zero attached hydrogens (tertiary/aromatic N) is 1. The lowest BCUT2D eigenvalue weighted by Crippen LogP contribution is -2.49. The van der Waals surface area contributed by atoms with E-state index < -0.39 is 23.6 Å². The van der Waals surface area contributed by atoms with E-state index >= 15 is 0 Å². The Hall–Kier alpha value is -1.39. The van der Waals surface area contributed by atoms with Crippen LogP contribution in [0.2, 0.25) is 0 Å². The Kier molecular flexibility index (Phi) is 6.58. The van der Waals surface area contributed by atoms with Crippen molar-refractivity contribution >= 4 is 17.7 Å². The molecule has 5 nitrogen and oxygen atoms in total. The lowest BCUT2D eigenvalue weighted by atomic mass is 10.0. The van der Waals surface area contributed by atoms with Crippen molar-refractivity contribution in [2.75, 3.05) is 6.61 Å². The first kappa shape index (κ1) is 16.6. The topological polar surface area (TPSA) is 63.7 Å². The molecule has 104 valence electrons. The van der Waals surface area contributed by atoms with E-state index in [1.807, 2.05) is 27.7 Å². The van der Waals surface area contributed by atoms with Gasteiger partial charge in [0, 0.05) is 12.1 Å². The third kappa shape index (κ3) is 4.13. The summed E-state index contributed by atoms with van der Waals surface area (Å²) in [7, 11) is 0. The number of rotatable bonds is 6. The Balaban J connectivity index is 5.18. The van der Waals surface area contributed by atoms with E-state index in [0.29, 0.717) is 0 Å². The van der Waals surface area contributed by atoms with E-state index in [9.17, 15) is 14.4 Å². The maximum absolute atomic E-state index is 12.3. The van der Waals surface area contributed by atoms with Crippen LogP contribution in [0.5, 0.6) is 0 Å². The highest BCUT2D eigenvalue weighted by molar-refractivity contribution is 6.15. The van der Waals surface area contributed by atoms with Gasteiger partial charge in [0.1, 0.15) is 0 Å². The van der Waals surface area contributed by atoms with Gasteiger partial charge in [-0.15, -0.1) is 0 Å². The van der Waals surface area contributed by atoms with Gasteiger partial charge in [0.05, 0.1) is 6.61 Å². The zero-order valence-corrected chi connectivity index (χ0v) is 12.0. The third-order valence-corrected chi connectivity index (χ3v) is 2.54. The highest BCUT2D eigenvalue weighted by Gasteiger charge is 2.37. The molecular weight excluding hydrogens is 234 g/mol. The fraction of sp³-hybridized carbons (Fsp3) is 0.769. The van der Waals surface area contributed by atoms with Crippen molar-refractivity contribution < 1.29 is 19.1 Å². The second kappa shape index (κ2) is 7.13. The van der Waals surface area contributed by atoms with Crippen molar-refractivity contribution in [2.45, 2.75) is 53.6 Å². The molecule has 0 bridgehead atoms. The summed E-state index contributed by atoms with van der Waals surface area (Å²) in [5.41, 5.74) is 0. The minimum Gasteiger partial charge on any atom is -0.465 e. The molecule has 18 heavy (non-hydrogen) atoms. The summed E-state index contributed by atoms with van der Waals surface area (Å²) in [4.78, 5) is 37.0. The summed E-state index contributed by atoms with van der Waals surface area (Å²) < 4.78 is 4.79. The van der Waals surface area contributed by atoms with Crippen LogP contribution in [0.25, 0.3) is 0 Å². The molecule has 0 fully saturated rings. The van der Waals surface area contributed by atoms with Gasteiger partial charge in [-0.2, -0.15) is 0 Å². The Morgan fingerprint density at radius 2 is 1.50 bits per heavy atom. The Morgan fingerprint density at radius 1 is 1.06 bits per heavy atom. The highest BCUT2D eigenvalue weighted by atomic mass is 16.5. The van der Waals surface area contributed by atoms with Crippen LogP contribution in [0.15, 0.2) is 0 Å². The Morgan fingerprint density at radius 3 is 1.78 bits per heavy atom. The summed E-state index contributed by atoms with van der Waals surface area (Å²) in [5.74, 6) is -3.06. The van der Waals surface area contributed by atoms with Gasteiger partial charge in [-0.05, 0) is 41.5 Å². The van der Waals surface area contributed by atoms with Gasteiger partial charge >= 0.3 is 5.97 Å². The molecule has 1 unspecified atom stereocenters. The number of carbonyl (C=O) groups is 3. The summed E-state index contributed by atoms with van der Waals surface area (Å²) >= 11 is 0. The van der Waals surface area contributed by atoms with Crippen LogP contribution in [0.1, 0.15) is 41.5 Å². The number of carbonyl (C=O) groups excluding carboxylic acids is 3. The first-order valence-electron chi connectivity index (χ1n) is 6.23. The van der Waals surface area contributed by atoms with Crippen LogP contribution in [-0.4, -0.2) is 41.3 Å². The largest absolute Gasteiger partial charge is 0.465 e. The molecule has 0 aliphatic heterocycles. The molecule has 0 N–H and O–H groups in total. The molecule has 0 aromatic carbocycles. The normalized spacial score (nSPS) is 12.4. The predicted molar refractivity (Wildman–Crippen MR) is 67.9 cm³/mol. The minimum atomic E-state index is -1.34. The molecule has 1 amide bonds. The van der Waals surface area contributed by atoms with E-state index in [0.717, 1.165) is 0 Å². The summed E-state index contributed by atoms with van der Waals surface area (Å²) in [6.07, 6.45) is 0. The minimum absolute atomic E-state index is 0.0752. The quantitative estimate of drug-likeness (QED) is 0.533. The number of amides is 1. The van der Waals surface area contributed by atoms with E-state index in [4.69, 9.17) is 4.74 Å². The lowest BCUT2D eigenvalue weighted by molar-refractivity contribution is -0.159. The molecule has 0 aliphatic carbocycles. The standard InChI is InChI=1S/C13H23NO4/c1-7-18-13(17)11(10(6)15)12(16)14(8(2)3)9(4)5/h8-9,11H,7H2,1-6H3. The first-order chi connectivity index (χ1) is 8.23. The number of ether oxygens (including phenoxy) is 1. The molecule has 0 rings (SSSR count). The van der Waals surface area contributed by atoms with Crippen LogP contribution in [0, 0.1) is 5.92 Å². The fourth-order valence-electron chi connectivity index (χ4n) is 1.92. The zero-order valence-electron chi connectivity index (χ0n) is 12.0. The van der Waals surface area contributed by atoms with Gasteiger partial charge in [-0.1, -0.05) is 0 Å². The van der Waals surface area contributed by atoms with Crippen molar-refractivity contribution in [2.24, 2.45) is 5.92 Å². The summed E-state index contributed by atoms with van der Waals surface area (Å²) in [6, 6.07) is -0.150. The molecule has 0 radical (unpaired) electrons. The number of hydrogen-bond donors (Lipinski definition) is 0. The summed E-state index contributed by atoms with van der Waals surface area (Å²) in [5, 5.41) is 0. The van der Waals surface area contributed by atoms with Crippen molar-refractivity contribution in [3.05, 3.63) is 0 Å². The average Bonchev–Trinajstić information content (AvgIpc) is 2.15. The lowest BCUT2D eigenvalue weighted by Gasteiger charge is -2.32. The van der Waals surface area contributed by atoms with E-state index in [-0.39, 0.29) is 18.7 Å². The van der Waals surface area contributed by atoms with Crippen LogP contribution in [-0.2, 0) is 19.1 Å². The second-order valence-electron chi connectivity index (χ2n) is 4.73. The molecule has 0 aliphatic rings. The maximum Gasteiger partial charge on any atom is 0.326 e. The smallest absolute Gasteiger partial charge is 0.326 e. The van der Waals surface area contributed by atoms with Crippen molar-refractivity contribution in [1.82, 2.24) is 4.90 Å². The van der Waals surface area contributed by atoms with Gasteiger partial charge in [-0.25, -0.2) is 0 Å². The molecular formula is C13H23NO4. The average molecular weight is 257 g/mol. The molecule has 0 saturated heterocycles. The van der Waals surface area contributed by atoms with E-state index in [1.54, 1.807) is 6.92 Å². The third-order valence-electron chi connectivity index (χ3n) is 2.54. The Labute approximate surface area is 108 Å². The van der Waals surface area contributed by atoms with Crippen molar-refractivity contribution in [1.29, 1.82) is 0 Å². The first-order valence-corrected chi connectivity index (χ1v) is 6.23. The zero-order chi connectivity index (χ0) is 14.5. The number of hydrogen-bond acceptors (Lipinski definition) is 4. The molecule has 0 heterocycles. The van der Waals surface area contributed by atoms with Gasteiger partial charge < -0.3 is 9.64 Å².